The van der Waals surface area contributed by atoms with Crippen molar-refractivity contribution in [3.63, 3.8) is 0 Å². The first-order chi connectivity index (χ1) is 7.74. The van der Waals surface area contributed by atoms with Gasteiger partial charge in [0.25, 0.3) is 0 Å². The number of rotatable bonds is 7. The van der Waals surface area contributed by atoms with Gasteiger partial charge in [0.1, 0.15) is 0 Å². The number of ether oxygens (including phenoxy) is 2. The van der Waals surface area contributed by atoms with Gasteiger partial charge in [-0.1, -0.05) is 13.3 Å². The lowest BCUT2D eigenvalue weighted by Crippen LogP contribution is -2.50. The lowest BCUT2D eigenvalue weighted by atomic mass is 10.1. The fraction of sp³-hybridized carbons (Fsp3) is 1.00. The first-order valence-electron chi connectivity index (χ1n) is 6.41. The standard InChI is InChI=1S/C12H26N2O2/c1-3-4-7-15-8-5-14-6-9-16-12(10-14)11(2)13/h11-12H,3-10,13H2,1-2H3. The van der Waals surface area contributed by atoms with Gasteiger partial charge in [-0.15, -0.1) is 0 Å². The molecule has 2 unspecified atom stereocenters. The van der Waals surface area contributed by atoms with E-state index in [9.17, 15) is 0 Å². The van der Waals surface area contributed by atoms with E-state index in [4.69, 9.17) is 15.2 Å². The second-order valence-corrected chi connectivity index (χ2v) is 4.53. The first-order valence-corrected chi connectivity index (χ1v) is 6.41. The van der Waals surface area contributed by atoms with Crippen molar-refractivity contribution in [3.05, 3.63) is 0 Å². The Balaban J connectivity index is 2.07. The second kappa shape index (κ2) is 8.01. The van der Waals surface area contributed by atoms with E-state index in [-0.39, 0.29) is 12.1 Å². The van der Waals surface area contributed by atoms with Crippen molar-refractivity contribution < 1.29 is 9.47 Å². The number of nitrogens with two attached hydrogens (primary N) is 1. The maximum absolute atomic E-state index is 5.84. The van der Waals surface area contributed by atoms with E-state index in [0.717, 1.165) is 45.9 Å². The minimum Gasteiger partial charge on any atom is -0.380 e. The summed E-state index contributed by atoms with van der Waals surface area (Å²) in [5.74, 6) is 0. The van der Waals surface area contributed by atoms with Gasteiger partial charge in [-0.05, 0) is 13.3 Å². The summed E-state index contributed by atoms with van der Waals surface area (Å²) in [5, 5.41) is 0. The summed E-state index contributed by atoms with van der Waals surface area (Å²) in [7, 11) is 0. The van der Waals surface area contributed by atoms with Crippen molar-refractivity contribution in [2.75, 3.05) is 39.5 Å². The second-order valence-electron chi connectivity index (χ2n) is 4.53. The number of morpholine rings is 1. The third-order valence-corrected chi connectivity index (χ3v) is 2.96. The maximum Gasteiger partial charge on any atom is 0.0850 e. The highest BCUT2D eigenvalue weighted by molar-refractivity contribution is 4.77. The Kier molecular flexibility index (Phi) is 6.96. The molecule has 4 nitrogen and oxygen atoms in total. The van der Waals surface area contributed by atoms with Crippen LogP contribution in [0.1, 0.15) is 26.7 Å². The molecule has 0 amide bonds. The van der Waals surface area contributed by atoms with Crippen LogP contribution in [0.25, 0.3) is 0 Å². The molecule has 96 valence electrons. The minimum atomic E-state index is 0.115. The van der Waals surface area contributed by atoms with Gasteiger partial charge in [-0.25, -0.2) is 0 Å². The molecule has 0 aromatic rings. The molecule has 0 aromatic heterocycles. The Morgan fingerprint density at radius 2 is 2.31 bits per heavy atom. The Morgan fingerprint density at radius 1 is 1.50 bits per heavy atom. The van der Waals surface area contributed by atoms with Crippen molar-refractivity contribution in [3.8, 4) is 0 Å². The SMILES string of the molecule is CCCCOCCN1CCOC(C(C)N)C1. The largest absolute Gasteiger partial charge is 0.380 e. The van der Waals surface area contributed by atoms with Gasteiger partial charge in [-0.2, -0.15) is 0 Å². The summed E-state index contributed by atoms with van der Waals surface area (Å²) >= 11 is 0. The van der Waals surface area contributed by atoms with Crippen molar-refractivity contribution in [2.24, 2.45) is 5.73 Å². The zero-order valence-corrected chi connectivity index (χ0v) is 10.7. The third kappa shape index (κ3) is 5.25. The van der Waals surface area contributed by atoms with Gasteiger partial charge in [0.05, 0.1) is 19.3 Å². The molecule has 0 bridgehead atoms. The molecular formula is C12H26N2O2. The average Bonchev–Trinajstić information content (AvgIpc) is 2.29. The van der Waals surface area contributed by atoms with Crippen LogP contribution in [0.3, 0.4) is 0 Å². The molecule has 1 aliphatic rings. The van der Waals surface area contributed by atoms with E-state index in [0.29, 0.717) is 0 Å². The predicted octanol–water partition coefficient (Wildman–Crippen LogP) is 0.851. The summed E-state index contributed by atoms with van der Waals surface area (Å²) in [4.78, 5) is 2.38. The van der Waals surface area contributed by atoms with Crippen LogP contribution in [-0.4, -0.2) is 56.5 Å². The average molecular weight is 230 g/mol. The molecule has 2 N–H and O–H groups in total. The van der Waals surface area contributed by atoms with Gasteiger partial charge in [0, 0.05) is 32.3 Å². The Labute approximate surface area is 99.1 Å². The molecule has 0 radical (unpaired) electrons. The molecule has 2 atom stereocenters. The molecular weight excluding hydrogens is 204 g/mol. The number of unbranched alkanes of at least 4 members (excludes halogenated alkanes) is 1. The van der Waals surface area contributed by atoms with Crippen molar-refractivity contribution in [1.29, 1.82) is 0 Å². The summed E-state index contributed by atoms with van der Waals surface area (Å²) in [6, 6.07) is 0.115. The van der Waals surface area contributed by atoms with Gasteiger partial charge >= 0.3 is 0 Å². The molecule has 1 aliphatic heterocycles. The molecule has 1 fully saturated rings. The fourth-order valence-electron chi connectivity index (χ4n) is 1.79. The Hall–Kier alpha value is -0.160. The number of hydrogen-bond donors (Lipinski definition) is 1. The zero-order valence-electron chi connectivity index (χ0n) is 10.7. The van der Waals surface area contributed by atoms with Crippen LogP contribution < -0.4 is 5.73 Å². The van der Waals surface area contributed by atoms with E-state index in [2.05, 4.69) is 11.8 Å². The first kappa shape index (κ1) is 13.9. The molecule has 4 heteroatoms. The highest BCUT2D eigenvalue weighted by Crippen LogP contribution is 2.07. The summed E-state index contributed by atoms with van der Waals surface area (Å²) in [6.07, 6.45) is 2.54. The van der Waals surface area contributed by atoms with E-state index >= 15 is 0 Å². The third-order valence-electron chi connectivity index (χ3n) is 2.96. The van der Waals surface area contributed by atoms with Crippen LogP contribution >= 0.6 is 0 Å². The van der Waals surface area contributed by atoms with Gasteiger partial charge in [0.15, 0.2) is 0 Å². The van der Waals surface area contributed by atoms with E-state index in [1.807, 2.05) is 6.92 Å². The van der Waals surface area contributed by atoms with E-state index in [1.165, 1.54) is 6.42 Å². The molecule has 1 rings (SSSR count). The Morgan fingerprint density at radius 3 is 3.00 bits per heavy atom. The van der Waals surface area contributed by atoms with Crippen LogP contribution in [0.4, 0.5) is 0 Å². The van der Waals surface area contributed by atoms with Crippen LogP contribution in [-0.2, 0) is 9.47 Å². The molecule has 0 spiro atoms. The monoisotopic (exact) mass is 230 g/mol. The van der Waals surface area contributed by atoms with Gasteiger partial charge < -0.3 is 15.2 Å². The number of hydrogen-bond acceptors (Lipinski definition) is 4. The quantitative estimate of drug-likeness (QED) is 0.659. The molecule has 0 saturated carbocycles. The van der Waals surface area contributed by atoms with Crippen molar-refractivity contribution in [2.45, 2.75) is 38.8 Å². The van der Waals surface area contributed by atoms with Crippen LogP contribution in [0.15, 0.2) is 0 Å². The highest BCUT2D eigenvalue weighted by atomic mass is 16.5. The molecule has 0 aromatic carbocycles. The van der Waals surface area contributed by atoms with Crippen molar-refractivity contribution >= 4 is 0 Å². The normalized spacial score (nSPS) is 24.6. The molecule has 1 saturated heterocycles. The topological polar surface area (TPSA) is 47.7 Å². The summed E-state index contributed by atoms with van der Waals surface area (Å²) < 4.78 is 11.2. The lowest BCUT2D eigenvalue weighted by Gasteiger charge is -2.34. The summed E-state index contributed by atoms with van der Waals surface area (Å²) in [6.45, 7) is 9.63. The highest BCUT2D eigenvalue weighted by Gasteiger charge is 2.22. The van der Waals surface area contributed by atoms with Crippen LogP contribution in [0.5, 0.6) is 0 Å². The minimum absolute atomic E-state index is 0.115. The molecule has 16 heavy (non-hydrogen) atoms. The summed E-state index contributed by atoms with van der Waals surface area (Å²) in [5.41, 5.74) is 5.84. The predicted molar refractivity (Wildman–Crippen MR) is 65.6 cm³/mol. The molecule has 0 aliphatic carbocycles. The molecule has 1 heterocycles. The lowest BCUT2D eigenvalue weighted by molar-refractivity contribution is -0.0445. The van der Waals surface area contributed by atoms with Gasteiger partial charge in [-0.3, -0.25) is 4.90 Å². The van der Waals surface area contributed by atoms with Gasteiger partial charge in [0.2, 0.25) is 0 Å². The maximum atomic E-state index is 5.84. The fourth-order valence-corrected chi connectivity index (χ4v) is 1.79. The van der Waals surface area contributed by atoms with Crippen molar-refractivity contribution in [1.82, 2.24) is 4.90 Å². The van der Waals surface area contributed by atoms with Crippen LogP contribution in [0.2, 0.25) is 0 Å². The zero-order chi connectivity index (χ0) is 11.8. The Bertz CT molecular complexity index is 176. The van der Waals surface area contributed by atoms with E-state index < -0.39 is 0 Å². The van der Waals surface area contributed by atoms with Crippen LogP contribution in [0, 0.1) is 0 Å². The smallest absolute Gasteiger partial charge is 0.0850 e. The van der Waals surface area contributed by atoms with E-state index in [1.54, 1.807) is 0 Å². The number of nitrogens with zero attached hydrogens (tertiary/aromatic N) is 1.